The second-order valence-corrected chi connectivity index (χ2v) is 17.0. The van der Waals surface area contributed by atoms with Gasteiger partial charge < -0.3 is 49.4 Å². The molecule has 4 aliphatic rings. The fraction of sp³-hybridized carbons (Fsp3) is 0.457. The van der Waals surface area contributed by atoms with E-state index in [1.54, 1.807) is 92.7 Å². The summed E-state index contributed by atoms with van der Waals surface area (Å²) in [6, 6.07) is 22.9. The minimum absolute atomic E-state index is 0. The number of rotatable bonds is 10. The van der Waals surface area contributed by atoms with Crippen LogP contribution in [0.5, 0.6) is 0 Å². The molecule has 0 aromatic heterocycles. The molecule has 7 rings (SSSR count). The third kappa shape index (κ3) is 9.14. The number of carbonyl (C=O) groups excluding carboxylic acids is 5. The van der Waals surface area contributed by atoms with E-state index in [9.17, 15) is 44.4 Å². The number of benzene rings is 3. The summed E-state index contributed by atoms with van der Waals surface area (Å²) in [6.07, 6.45) is -11.8. The first-order valence-corrected chi connectivity index (χ1v) is 20.3. The van der Waals surface area contributed by atoms with Crippen LogP contribution < -0.4 is 5.32 Å². The summed E-state index contributed by atoms with van der Waals surface area (Å²) in [5, 5.41) is 52.5. The van der Waals surface area contributed by atoms with Gasteiger partial charge >= 0.3 is 18.1 Å². The number of aliphatic hydroxyl groups excluding tert-OH is 2. The minimum Gasteiger partial charge on any atom is -0.455 e. The molecule has 17 heteroatoms. The summed E-state index contributed by atoms with van der Waals surface area (Å²) in [4.78, 5) is 70.3. The van der Waals surface area contributed by atoms with Gasteiger partial charge in [0.05, 0.1) is 36.4 Å². The summed E-state index contributed by atoms with van der Waals surface area (Å²) in [5.41, 5.74) is -7.22. The number of fused-ring (bicyclic) bond motifs is 5. The molecule has 1 saturated heterocycles. The van der Waals surface area contributed by atoms with Gasteiger partial charge in [0.15, 0.2) is 5.78 Å². The van der Waals surface area contributed by atoms with Gasteiger partial charge in [0, 0.05) is 118 Å². The van der Waals surface area contributed by atoms with Crippen LogP contribution in [0, 0.1) is 105 Å². The zero-order valence-electron chi connectivity index (χ0n) is 35.6. The molecule has 3 aromatic carbocycles. The fourth-order valence-electron chi connectivity index (χ4n) is 9.90. The minimum atomic E-state index is -2.37. The van der Waals surface area contributed by atoms with Crippen molar-refractivity contribution in [1.82, 2.24) is 5.32 Å². The predicted octanol–water partition coefficient (Wildman–Crippen LogP) is 3.77. The number of ether oxygens (including phenoxy) is 5. The number of amides is 1. The molecule has 11 atom stereocenters. The summed E-state index contributed by atoms with van der Waals surface area (Å²) in [6.45, 7) is 7.04. The molecule has 1 aliphatic heterocycles. The summed E-state index contributed by atoms with van der Waals surface area (Å²) < 4.78 is 28.8. The molecular weight excluding hydrogens is 1240 g/mol. The Hall–Kier alpha value is -2.57. The van der Waals surface area contributed by atoms with Crippen LogP contribution in [-0.4, -0.2) is 111 Å². The van der Waals surface area contributed by atoms with Crippen LogP contribution in [0.1, 0.15) is 79.8 Å². The molecule has 9 unspecified atom stereocenters. The molecule has 3 aromatic rings. The van der Waals surface area contributed by atoms with Crippen LogP contribution in [0.4, 0.5) is 4.79 Å². The molecule has 63 heavy (non-hydrogen) atoms. The van der Waals surface area contributed by atoms with E-state index >= 15 is 0 Å². The first-order chi connectivity index (χ1) is 28.9. The van der Waals surface area contributed by atoms with Gasteiger partial charge in [0.2, 0.25) is 6.10 Å². The molecule has 2 radical (unpaired) electrons. The number of Topliss-reactive ketones (excluding diaryl/α,β-unsaturated/α-hetero) is 1. The maximum atomic E-state index is 14.9. The molecule has 2 saturated carbocycles. The van der Waals surface area contributed by atoms with Crippen molar-refractivity contribution in [3.8, 4) is 0 Å². The first-order valence-electron chi connectivity index (χ1n) is 20.3. The predicted molar refractivity (Wildman–Crippen MR) is 214 cm³/mol. The summed E-state index contributed by atoms with van der Waals surface area (Å²) >= 11 is 0. The number of carbonyl (C=O) groups is 5. The number of aliphatic hydroxyl groups is 4. The Balaban J connectivity index is 0.00000374. The van der Waals surface area contributed by atoms with Crippen LogP contribution in [0.25, 0.3) is 0 Å². The Kier molecular flexibility index (Phi) is 16.4. The van der Waals surface area contributed by atoms with Crippen LogP contribution in [0.15, 0.2) is 102 Å². The molecule has 1 amide bonds. The number of esters is 2. The van der Waals surface area contributed by atoms with Gasteiger partial charge in [-0.3, -0.25) is 9.59 Å². The normalized spacial score (nSPS) is 31.2. The molecule has 2 bridgehead atoms. The van der Waals surface area contributed by atoms with Gasteiger partial charge in [-0.2, -0.15) is 0 Å². The molecule has 15 nitrogen and oxygen atoms in total. The number of hydrogen-bond acceptors (Lipinski definition) is 14. The number of ketones is 1. The topological polar surface area (TPSA) is 224 Å². The third-order valence-electron chi connectivity index (χ3n) is 13.4. The van der Waals surface area contributed by atoms with Crippen molar-refractivity contribution in [2.75, 3.05) is 13.2 Å². The van der Waals surface area contributed by atoms with E-state index in [2.05, 4.69) is 5.32 Å². The number of nitrogens with one attached hydrogen (secondary N) is 1. The quantitative estimate of drug-likeness (QED) is 0.111. The van der Waals surface area contributed by atoms with E-state index in [0.717, 1.165) is 0 Å². The standard InChI is InChI=1S/C46H51NO14.2Ac/c1-6-57-42(54)60-35(33(26-16-10-7-11-17-26)47-39(51)27-18-12-8-13-19-27)41(53)59-29-23-46(56)38(61-40(52)28-20-14-9-15-21-28)36-44(5,30(48)22-31-45(36,55)24-58-31)37(50)34(49)32(25(29)2)43(46,3)4;;/h7-21,29-31,33-36,38,48-49,55-56H,6,22-24H2,1-5H3,(H,47,51);;/t29?,30?,31?,33?,34?,35?,36?,38?,44-,45+,46?;;/m1../s1. The maximum Gasteiger partial charge on any atom is 0.509 e. The summed E-state index contributed by atoms with van der Waals surface area (Å²) in [7, 11) is 0. The second-order valence-electron chi connectivity index (χ2n) is 17.0. The van der Waals surface area contributed by atoms with Crippen LogP contribution in [-0.2, 0) is 33.3 Å². The monoisotopic (exact) mass is 1300 g/mol. The Morgan fingerprint density at radius 1 is 0.857 bits per heavy atom. The fourth-order valence-corrected chi connectivity index (χ4v) is 9.90. The average Bonchev–Trinajstić information content (AvgIpc) is 3.24. The van der Waals surface area contributed by atoms with Gasteiger partial charge in [-0.25, -0.2) is 14.4 Å². The first kappa shape index (κ1) is 51.4. The molecule has 3 fully saturated rings. The zero-order chi connectivity index (χ0) is 44.1. The third-order valence-corrected chi connectivity index (χ3v) is 13.4. The molecule has 5 N–H and O–H groups in total. The van der Waals surface area contributed by atoms with Crippen LogP contribution in [0.3, 0.4) is 0 Å². The van der Waals surface area contributed by atoms with E-state index in [1.807, 2.05) is 0 Å². The van der Waals surface area contributed by atoms with E-state index in [-0.39, 0.29) is 130 Å². The van der Waals surface area contributed by atoms with Crippen molar-refractivity contribution in [2.45, 2.75) is 101 Å². The van der Waals surface area contributed by atoms with Crippen LogP contribution >= 0.6 is 0 Å². The smallest absolute Gasteiger partial charge is 0.455 e. The van der Waals surface area contributed by atoms with E-state index in [0.29, 0.717) is 5.56 Å². The van der Waals surface area contributed by atoms with E-state index in [1.165, 1.54) is 32.9 Å². The van der Waals surface area contributed by atoms with Crippen molar-refractivity contribution >= 4 is 29.8 Å². The molecule has 1 heterocycles. The summed E-state index contributed by atoms with van der Waals surface area (Å²) in [5.74, 6) is -5.23. The molecule has 330 valence electrons. The Morgan fingerprint density at radius 3 is 1.98 bits per heavy atom. The van der Waals surface area contributed by atoms with Gasteiger partial charge in [-0.05, 0) is 61.7 Å². The van der Waals surface area contributed by atoms with Gasteiger partial charge in [-0.1, -0.05) is 80.6 Å². The molecular formula is C46H51Ac2NO14. The van der Waals surface area contributed by atoms with Gasteiger partial charge in [0.25, 0.3) is 5.91 Å². The Bertz CT molecular complexity index is 2210. The molecule has 3 aliphatic carbocycles. The largest absolute Gasteiger partial charge is 0.509 e. The van der Waals surface area contributed by atoms with Crippen molar-refractivity contribution in [3.05, 3.63) is 119 Å². The molecule has 0 spiro atoms. The van der Waals surface area contributed by atoms with Crippen molar-refractivity contribution in [2.24, 2.45) is 16.7 Å². The van der Waals surface area contributed by atoms with E-state index < -0.39 is 107 Å². The number of hydrogen-bond donors (Lipinski definition) is 5. The SMILES string of the molecule is CCOC(=O)OC(C(=O)OC1CC2(O)C(OC(=O)c3ccccc3)C3[C@]4(O)COC4CC(O)[C@@]3(C)C(=O)C(O)C(=C1C)C2(C)C)C(NC(=O)c1ccccc1)c1ccccc1.[Ac].[Ac]. The Morgan fingerprint density at radius 2 is 1.43 bits per heavy atom. The van der Waals surface area contributed by atoms with Gasteiger partial charge in [-0.15, -0.1) is 0 Å². The maximum absolute atomic E-state index is 14.9. The zero-order valence-corrected chi connectivity index (χ0v) is 45.1. The van der Waals surface area contributed by atoms with Crippen molar-refractivity contribution in [1.29, 1.82) is 0 Å². The van der Waals surface area contributed by atoms with Gasteiger partial charge in [0.1, 0.15) is 35.6 Å². The second kappa shape index (κ2) is 20.1. The van der Waals surface area contributed by atoms with Crippen molar-refractivity contribution in [3.63, 3.8) is 0 Å². The van der Waals surface area contributed by atoms with Crippen LogP contribution in [0.2, 0.25) is 0 Å². The van der Waals surface area contributed by atoms with Crippen molar-refractivity contribution < 1.29 is 156 Å². The van der Waals surface area contributed by atoms with E-state index in [4.69, 9.17) is 23.7 Å². The Labute approximate surface area is 436 Å². The average molecular weight is 1300 g/mol.